The highest BCUT2D eigenvalue weighted by molar-refractivity contribution is 7.89. The molecular weight excluding hydrogens is 270 g/mol. The second-order valence-electron chi connectivity index (χ2n) is 4.41. The predicted octanol–water partition coefficient (Wildman–Crippen LogP) is -0.287. The summed E-state index contributed by atoms with van der Waals surface area (Å²) in [5, 5.41) is 13.0. The van der Waals surface area contributed by atoms with Crippen LogP contribution in [0.4, 0.5) is 0 Å². The van der Waals surface area contributed by atoms with E-state index in [2.05, 4.69) is 9.82 Å². The van der Waals surface area contributed by atoms with E-state index in [4.69, 9.17) is 9.84 Å². The lowest BCUT2D eigenvalue weighted by Gasteiger charge is -2.17. The second kappa shape index (κ2) is 6.47. The van der Waals surface area contributed by atoms with E-state index in [-0.39, 0.29) is 18.1 Å². The van der Waals surface area contributed by atoms with Gasteiger partial charge in [0.1, 0.15) is 4.90 Å². The highest BCUT2D eigenvalue weighted by atomic mass is 32.2. The van der Waals surface area contributed by atoms with Gasteiger partial charge >= 0.3 is 0 Å². The van der Waals surface area contributed by atoms with Gasteiger partial charge < -0.3 is 9.84 Å². The van der Waals surface area contributed by atoms with E-state index in [1.807, 2.05) is 0 Å². The number of sulfonamides is 1. The Morgan fingerprint density at radius 2 is 2.11 bits per heavy atom. The molecule has 0 aliphatic carbocycles. The van der Waals surface area contributed by atoms with Gasteiger partial charge in [-0.05, 0) is 20.3 Å². The quantitative estimate of drug-likeness (QED) is 0.720. The lowest BCUT2D eigenvalue weighted by Crippen LogP contribution is -2.39. The van der Waals surface area contributed by atoms with Crippen molar-refractivity contribution in [3.63, 3.8) is 0 Å². The average Bonchev–Trinajstić information content (AvgIpc) is 2.53. The number of ether oxygens (including phenoxy) is 1. The molecule has 0 aromatic carbocycles. The van der Waals surface area contributed by atoms with Crippen molar-refractivity contribution in [1.29, 1.82) is 0 Å². The van der Waals surface area contributed by atoms with E-state index in [0.717, 1.165) is 0 Å². The van der Waals surface area contributed by atoms with Crippen molar-refractivity contribution in [3.8, 4) is 0 Å². The Labute approximate surface area is 113 Å². The molecule has 19 heavy (non-hydrogen) atoms. The predicted molar refractivity (Wildman–Crippen MR) is 70.4 cm³/mol. The lowest BCUT2D eigenvalue weighted by molar-refractivity contribution is 0.158. The maximum absolute atomic E-state index is 12.3. The van der Waals surface area contributed by atoms with E-state index >= 15 is 0 Å². The van der Waals surface area contributed by atoms with Crippen molar-refractivity contribution >= 4 is 10.0 Å². The number of hydrogen-bond donors (Lipinski definition) is 2. The normalized spacial score (nSPS) is 13.7. The number of rotatable bonds is 7. The van der Waals surface area contributed by atoms with Crippen LogP contribution in [-0.4, -0.2) is 49.7 Å². The van der Waals surface area contributed by atoms with Gasteiger partial charge in [0.15, 0.2) is 0 Å². The third kappa shape index (κ3) is 3.75. The molecule has 1 atom stereocenters. The van der Waals surface area contributed by atoms with Crippen LogP contribution in [0.2, 0.25) is 0 Å². The molecule has 0 saturated heterocycles. The molecule has 0 spiro atoms. The number of methoxy groups -OCH3 is 1. The Morgan fingerprint density at radius 3 is 2.53 bits per heavy atom. The van der Waals surface area contributed by atoms with Crippen molar-refractivity contribution in [2.75, 3.05) is 20.3 Å². The zero-order valence-corrected chi connectivity index (χ0v) is 12.5. The summed E-state index contributed by atoms with van der Waals surface area (Å²) in [6.07, 6.45) is 0.297. The molecule has 8 heteroatoms. The van der Waals surface area contributed by atoms with Gasteiger partial charge in [-0.25, -0.2) is 13.1 Å². The van der Waals surface area contributed by atoms with Crippen molar-refractivity contribution in [2.45, 2.75) is 31.2 Å². The molecule has 0 radical (unpaired) electrons. The molecule has 0 saturated carbocycles. The fourth-order valence-corrected chi connectivity index (χ4v) is 3.65. The van der Waals surface area contributed by atoms with Crippen LogP contribution in [0.5, 0.6) is 0 Å². The molecule has 110 valence electrons. The highest BCUT2D eigenvalue weighted by Gasteiger charge is 2.26. The standard InChI is InChI=1S/C11H21N3O4S/c1-8-11(9(2)14(3)12-8)19(16,17)13-10(5-6-15)7-18-4/h10,13,15H,5-7H2,1-4H3. The zero-order chi connectivity index (χ0) is 14.6. The van der Waals surface area contributed by atoms with Gasteiger partial charge in [-0.2, -0.15) is 5.10 Å². The molecule has 0 aliphatic heterocycles. The Morgan fingerprint density at radius 1 is 1.47 bits per heavy atom. The van der Waals surface area contributed by atoms with Gasteiger partial charge in [0.05, 0.1) is 18.0 Å². The first kappa shape index (κ1) is 16.1. The molecule has 0 fully saturated rings. The number of aryl methyl sites for hydroxylation is 2. The molecular formula is C11H21N3O4S. The number of aliphatic hydroxyl groups excluding tert-OH is 1. The Kier molecular flexibility index (Phi) is 5.48. The fourth-order valence-electron chi connectivity index (χ4n) is 1.95. The SMILES string of the molecule is COCC(CCO)NS(=O)(=O)c1c(C)nn(C)c1C. The van der Waals surface area contributed by atoms with Gasteiger partial charge in [-0.3, -0.25) is 4.68 Å². The van der Waals surface area contributed by atoms with Crippen LogP contribution < -0.4 is 4.72 Å². The number of nitrogens with zero attached hydrogens (tertiary/aromatic N) is 2. The molecule has 1 rings (SSSR count). The lowest BCUT2D eigenvalue weighted by atomic mass is 10.2. The van der Waals surface area contributed by atoms with E-state index < -0.39 is 16.1 Å². The third-order valence-corrected chi connectivity index (χ3v) is 4.65. The first-order chi connectivity index (χ1) is 8.83. The van der Waals surface area contributed by atoms with Gasteiger partial charge in [0.2, 0.25) is 10.0 Å². The van der Waals surface area contributed by atoms with Crippen LogP contribution in [0.1, 0.15) is 17.8 Å². The summed E-state index contributed by atoms with van der Waals surface area (Å²) in [6.45, 7) is 3.45. The van der Waals surface area contributed by atoms with Crippen molar-refractivity contribution in [2.24, 2.45) is 7.05 Å². The first-order valence-electron chi connectivity index (χ1n) is 5.95. The van der Waals surface area contributed by atoms with Gasteiger partial charge in [-0.15, -0.1) is 0 Å². The summed E-state index contributed by atoms with van der Waals surface area (Å²) in [6, 6.07) is -0.459. The number of hydrogen-bond acceptors (Lipinski definition) is 5. The second-order valence-corrected chi connectivity index (χ2v) is 6.06. The van der Waals surface area contributed by atoms with Gasteiger partial charge in [0.25, 0.3) is 0 Å². The summed E-state index contributed by atoms with van der Waals surface area (Å²) in [4.78, 5) is 0.189. The maximum atomic E-state index is 12.3. The van der Waals surface area contributed by atoms with Crippen LogP contribution in [0.25, 0.3) is 0 Å². The summed E-state index contributed by atoms with van der Waals surface area (Å²) in [5.74, 6) is 0. The molecule has 0 aliphatic rings. The number of aromatic nitrogens is 2. The third-order valence-electron chi connectivity index (χ3n) is 2.88. The molecule has 2 N–H and O–H groups in total. The van der Waals surface area contributed by atoms with Gasteiger partial charge in [-0.1, -0.05) is 0 Å². The van der Waals surface area contributed by atoms with Crippen LogP contribution in [0.3, 0.4) is 0 Å². The summed E-state index contributed by atoms with van der Waals surface area (Å²) >= 11 is 0. The van der Waals surface area contributed by atoms with Crippen LogP contribution in [0, 0.1) is 13.8 Å². The first-order valence-corrected chi connectivity index (χ1v) is 7.44. The minimum atomic E-state index is -3.67. The number of nitrogens with one attached hydrogen (secondary N) is 1. The molecule has 7 nitrogen and oxygen atoms in total. The van der Waals surface area contributed by atoms with Crippen molar-refractivity contribution in [3.05, 3.63) is 11.4 Å². The van der Waals surface area contributed by atoms with Crippen LogP contribution in [0.15, 0.2) is 4.90 Å². The monoisotopic (exact) mass is 291 g/mol. The molecule has 0 bridgehead atoms. The minimum Gasteiger partial charge on any atom is -0.396 e. The minimum absolute atomic E-state index is 0.110. The molecule has 0 amide bonds. The molecule has 1 aromatic heterocycles. The van der Waals surface area contributed by atoms with Crippen LogP contribution >= 0.6 is 0 Å². The van der Waals surface area contributed by atoms with Crippen LogP contribution in [-0.2, 0) is 21.8 Å². The summed E-state index contributed by atoms with van der Waals surface area (Å²) < 4.78 is 33.7. The van der Waals surface area contributed by atoms with Crippen molar-refractivity contribution in [1.82, 2.24) is 14.5 Å². The van der Waals surface area contributed by atoms with E-state index in [9.17, 15) is 8.42 Å². The smallest absolute Gasteiger partial charge is 0.244 e. The largest absolute Gasteiger partial charge is 0.396 e. The highest BCUT2D eigenvalue weighted by Crippen LogP contribution is 2.18. The van der Waals surface area contributed by atoms with E-state index in [1.54, 1.807) is 20.9 Å². The van der Waals surface area contributed by atoms with E-state index in [1.165, 1.54) is 11.8 Å². The fraction of sp³-hybridized carbons (Fsp3) is 0.727. The number of aliphatic hydroxyl groups is 1. The van der Waals surface area contributed by atoms with E-state index in [0.29, 0.717) is 17.8 Å². The average molecular weight is 291 g/mol. The zero-order valence-electron chi connectivity index (χ0n) is 11.7. The topological polar surface area (TPSA) is 93.4 Å². The Balaban J connectivity index is 3.03. The van der Waals surface area contributed by atoms with Crippen molar-refractivity contribution < 1.29 is 18.3 Å². The van der Waals surface area contributed by atoms with Gasteiger partial charge in [0, 0.05) is 26.8 Å². The Bertz CT molecular complexity index is 518. The molecule has 1 unspecified atom stereocenters. The maximum Gasteiger partial charge on any atom is 0.244 e. The Hall–Kier alpha value is -0.960. The summed E-state index contributed by atoms with van der Waals surface area (Å²) in [7, 11) is -0.487. The summed E-state index contributed by atoms with van der Waals surface area (Å²) in [5.41, 5.74) is 1.03. The molecule has 1 aromatic rings. The molecule has 1 heterocycles.